The number of ether oxygens (including phenoxy) is 1. The molecule has 0 bridgehead atoms. The summed E-state index contributed by atoms with van der Waals surface area (Å²) in [4.78, 5) is 9.81. The van der Waals surface area contributed by atoms with Crippen molar-refractivity contribution in [3.05, 3.63) is 58.9 Å². The first-order valence-corrected chi connectivity index (χ1v) is 9.39. The second kappa shape index (κ2) is 7.48. The summed E-state index contributed by atoms with van der Waals surface area (Å²) in [6.07, 6.45) is 0.836. The van der Waals surface area contributed by atoms with Gasteiger partial charge in [-0.05, 0) is 50.6 Å². The lowest BCUT2D eigenvalue weighted by molar-refractivity contribution is -0.0273. The average molecular weight is 387 g/mol. The molecule has 2 aromatic carbocycles. The molecule has 5 nitrogen and oxygen atoms in total. The van der Waals surface area contributed by atoms with E-state index in [0.29, 0.717) is 28.0 Å². The highest BCUT2D eigenvalue weighted by molar-refractivity contribution is 5.75. The largest absolute Gasteiger partial charge is 0.505 e. The summed E-state index contributed by atoms with van der Waals surface area (Å²) in [5.74, 6) is -1.07. The van der Waals surface area contributed by atoms with Crippen molar-refractivity contribution in [2.45, 2.75) is 32.0 Å². The predicted molar refractivity (Wildman–Crippen MR) is 102 cm³/mol. The molecule has 148 valence electrons. The average Bonchev–Trinajstić information content (AvgIpc) is 3.09. The molecule has 1 atom stereocenters. The quantitative estimate of drug-likeness (QED) is 0.709. The van der Waals surface area contributed by atoms with E-state index in [-0.39, 0.29) is 11.9 Å². The fourth-order valence-corrected chi connectivity index (χ4v) is 3.62. The fraction of sp³-hybridized carbons (Fsp3) is 0.381. The molecule has 1 fully saturated rings. The first-order chi connectivity index (χ1) is 13.4. The van der Waals surface area contributed by atoms with Gasteiger partial charge in [0.2, 0.25) is 0 Å². The molecule has 28 heavy (non-hydrogen) atoms. The zero-order chi connectivity index (χ0) is 19.8. The first-order valence-electron chi connectivity index (χ1n) is 9.39. The number of aromatic nitrogens is 2. The van der Waals surface area contributed by atoms with E-state index in [4.69, 9.17) is 4.74 Å². The molecule has 0 spiro atoms. The Kier molecular flexibility index (Phi) is 5.03. The zero-order valence-corrected chi connectivity index (χ0v) is 15.9. The molecule has 2 heterocycles. The monoisotopic (exact) mass is 387 g/mol. The van der Waals surface area contributed by atoms with E-state index in [1.807, 2.05) is 0 Å². The Morgan fingerprint density at radius 2 is 1.96 bits per heavy atom. The van der Waals surface area contributed by atoms with Crippen molar-refractivity contribution in [2.75, 3.05) is 20.1 Å². The third-order valence-corrected chi connectivity index (χ3v) is 5.33. The van der Waals surface area contributed by atoms with Crippen LogP contribution in [0.2, 0.25) is 0 Å². The zero-order valence-electron chi connectivity index (χ0n) is 15.9. The topological polar surface area (TPSA) is 61.4 Å². The number of fused-ring (bicyclic) bond motifs is 1. The number of H-pyrrole nitrogens is 1. The number of imidazole rings is 1. The van der Waals surface area contributed by atoms with E-state index >= 15 is 0 Å². The maximum atomic E-state index is 14.4. The van der Waals surface area contributed by atoms with Crippen molar-refractivity contribution >= 4 is 11.0 Å². The highest BCUT2D eigenvalue weighted by atomic mass is 19.1. The molecule has 1 aliphatic rings. The van der Waals surface area contributed by atoms with Crippen LogP contribution in [0, 0.1) is 18.6 Å². The van der Waals surface area contributed by atoms with Crippen molar-refractivity contribution in [2.24, 2.45) is 0 Å². The number of rotatable bonds is 4. The molecule has 0 radical (unpaired) electrons. The summed E-state index contributed by atoms with van der Waals surface area (Å²) < 4.78 is 34.2. The highest BCUT2D eigenvalue weighted by Gasteiger charge is 2.29. The molecule has 2 N–H and O–H groups in total. The lowest BCUT2D eigenvalue weighted by Crippen LogP contribution is -2.35. The second-order valence-electron chi connectivity index (χ2n) is 7.44. The van der Waals surface area contributed by atoms with E-state index in [1.165, 1.54) is 12.1 Å². The molecule has 0 saturated carbocycles. The molecule has 1 saturated heterocycles. The number of phenolic OH excluding ortho intramolecular Hbond substituents is 1. The van der Waals surface area contributed by atoms with Crippen LogP contribution >= 0.6 is 0 Å². The van der Waals surface area contributed by atoms with Gasteiger partial charge in [-0.3, -0.25) is 0 Å². The summed E-state index contributed by atoms with van der Waals surface area (Å²) in [6.45, 7) is 3.39. The number of halogens is 2. The van der Waals surface area contributed by atoms with Gasteiger partial charge in [-0.15, -0.1) is 0 Å². The van der Waals surface area contributed by atoms with Crippen LogP contribution in [0.5, 0.6) is 5.75 Å². The minimum absolute atomic E-state index is 0.0464. The van der Waals surface area contributed by atoms with E-state index < -0.39 is 17.7 Å². The molecule has 0 aliphatic carbocycles. The predicted octanol–water partition coefficient (Wildman–Crippen LogP) is 4.06. The summed E-state index contributed by atoms with van der Waals surface area (Å²) in [5.41, 5.74) is 1.77. The SMILES string of the molecule is Cc1ccc(C(OC2CCN(C)CC2)c2nc3ccc(F)cc3[nH]2)c(O)c1F. The van der Waals surface area contributed by atoms with Gasteiger partial charge in [0.15, 0.2) is 11.6 Å². The second-order valence-corrected chi connectivity index (χ2v) is 7.44. The van der Waals surface area contributed by atoms with E-state index in [2.05, 4.69) is 21.9 Å². The highest BCUT2D eigenvalue weighted by Crippen LogP contribution is 2.36. The van der Waals surface area contributed by atoms with Gasteiger partial charge in [0.05, 0.1) is 17.1 Å². The van der Waals surface area contributed by atoms with Crippen molar-refractivity contribution in [1.29, 1.82) is 0 Å². The van der Waals surface area contributed by atoms with Crippen molar-refractivity contribution in [3.8, 4) is 5.75 Å². The third kappa shape index (κ3) is 3.59. The van der Waals surface area contributed by atoms with E-state index in [9.17, 15) is 13.9 Å². The molecule has 0 amide bonds. The van der Waals surface area contributed by atoms with Crippen LogP contribution in [0.1, 0.15) is 35.9 Å². The van der Waals surface area contributed by atoms with Gasteiger partial charge in [-0.1, -0.05) is 12.1 Å². The number of piperidine rings is 1. The summed E-state index contributed by atoms with van der Waals surface area (Å²) in [5, 5.41) is 10.4. The first kappa shape index (κ1) is 18.8. The minimum atomic E-state index is -0.779. The maximum Gasteiger partial charge on any atom is 0.168 e. The van der Waals surface area contributed by atoms with Gasteiger partial charge in [0, 0.05) is 18.7 Å². The number of hydrogen-bond acceptors (Lipinski definition) is 4. The number of phenols is 1. The number of hydrogen-bond donors (Lipinski definition) is 2. The van der Waals surface area contributed by atoms with E-state index in [1.54, 1.807) is 25.1 Å². The maximum absolute atomic E-state index is 14.4. The van der Waals surface area contributed by atoms with E-state index in [0.717, 1.165) is 25.9 Å². The van der Waals surface area contributed by atoms with Crippen LogP contribution < -0.4 is 0 Å². The van der Waals surface area contributed by atoms with Gasteiger partial charge in [0.1, 0.15) is 17.7 Å². The Bertz CT molecular complexity index is 997. The van der Waals surface area contributed by atoms with Crippen LogP contribution in [0.3, 0.4) is 0 Å². The lowest BCUT2D eigenvalue weighted by Gasteiger charge is -2.31. The normalized spacial score (nSPS) is 17.3. The van der Waals surface area contributed by atoms with Crippen molar-refractivity contribution < 1.29 is 18.6 Å². The number of aryl methyl sites for hydroxylation is 1. The van der Waals surface area contributed by atoms with Gasteiger partial charge in [-0.25, -0.2) is 13.8 Å². The summed E-state index contributed by atoms with van der Waals surface area (Å²) in [6, 6.07) is 7.53. The van der Waals surface area contributed by atoms with Crippen LogP contribution in [0.25, 0.3) is 11.0 Å². The van der Waals surface area contributed by atoms with Gasteiger partial charge in [0.25, 0.3) is 0 Å². The van der Waals surface area contributed by atoms with Crippen LogP contribution in [0.15, 0.2) is 30.3 Å². The number of nitrogens with zero attached hydrogens (tertiary/aromatic N) is 2. The number of aromatic hydroxyl groups is 1. The molecular weight excluding hydrogens is 364 g/mol. The molecular formula is C21H23F2N3O2. The number of aromatic amines is 1. The summed E-state index contributed by atoms with van der Waals surface area (Å²) >= 11 is 0. The molecule has 4 rings (SSSR count). The Labute approximate surface area is 162 Å². The number of nitrogens with one attached hydrogen (secondary N) is 1. The molecule has 3 aromatic rings. The van der Waals surface area contributed by atoms with Crippen molar-refractivity contribution in [1.82, 2.24) is 14.9 Å². The van der Waals surface area contributed by atoms with Gasteiger partial charge in [-0.2, -0.15) is 0 Å². The van der Waals surface area contributed by atoms with Gasteiger partial charge < -0.3 is 19.7 Å². The van der Waals surface area contributed by atoms with Crippen LogP contribution in [-0.4, -0.2) is 46.2 Å². The molecule has 7 heteroatoms. The smallest absolute Gasteiger partial charge is 0.168 e. The molecule has 1 aliphatic heterocycles. The Hall–Kier alpha value is -2.51. The summed E-state index contributed by atoms with van der Waals surface area (Å²) in [7, 11) is 2.06. The lowest BCUT2D eigenvalue weighted by atomic mass is 10.0. The number of likely N-dealkylation sites (tertiary alicyclic amines) is 1. The Balaban J connectivity index is 1.75. The fourth-order valence-electron chi connectivity index (χ4n) is 3.62. The minimum Gasteiger partial charge on any atom is -0.505 e. The van der Waals surface area contributed by atoms with Gasteiger partial charge >= 0.3 is 0 Å². The number of benzene rings is 2. The van der Waals surface area contributed by atoms with Crippen LogP contribution in [-0.2, 0) is 4.74 Å². The standard InChI is InChI=1S/C21H23F2N3O2/c1-12-3-5-15(19(27)18(12)23)20(28-14-7-9-26(2)10-8-14)21-24-16-6-4-13(22)11-17(16)25-21/h3-6,11,14,20,27H,7-10H2,1-2H3,(H,24,25). The Morgan fingerprint density at radius 1 is 1.21 bits per heavy atom. The third-order valence-electron chi connectivity index (χ3n) is 5.33. The Morgan fingerprint density at radius 3 is 2.71 bits per heavy atom. The van der Waals surface area contributed by atoms with Crippen molar-refractivity contribution in [3.63, 3.8) is 0 Å². The van der Waals surface area contributed by atoms with Crippen LogP contribution in [0.4, 0.5) is 8.78 Å². The molecule has 1 aromatic heterocycles. The molecule has 1 unspecified atom stereocenters.